The van der Waals surface area contributed by atoms with Crippen molar-refractivity contribution in [3.63, 3.8) is 0 Å². The highest BCUT2D eigenvalue weighted by Gasteiger charge is 2.21. The second kappa shape index (κ2) is 10.00. The first-order valence-electron chi connectivity index (χ1n) is 11.3. The fraction of sp³-hybridized carbons (Fsp3) is 0.333. The van der Waals surface area contributed by atoms with Crippen molar-refractivity contribution in [2.45, 2.75) is 26.7 Å². The van der Waals surface area contributed by atoms with Crippen LogP contribution in [-0.4, -0.2) is 58.2 Å². The Kier molecular flexibility index (Phi) is 6.85. The molecule has 0 saturated carbocycles. The molecule has 1 fully saturated rings. The molecular formula is C24H27FN6O4. The SMILES string of the molecule is CCN1CCCC1=O.Cc1c(-c2cc3cc(NC(=O)O)ncc3c(N)c2F)cnc2c1NCCO2. The summed E-state index contributed by atoms with van der Waals surface area (Å²) < 4.78 is 20.5. The van der Waals surface area contributed by atoms with E-state index in [2.05, 4.69) is 20.6 Å². The second-order valence-corrected chi connectivity index (χ2v) is 8.20. The van der Waals surface area contributed by atoms with Crippen LogP contribution in [0.4, 0.5) is 26.4 Å². The zero-order valence-electron chi connectivity index (χ0n) is 19.5. The molecular weight excluding hydrogens is 455 g/mol. The first kappa shape index (κ1) is 24.0. The molecule has 5 N–H and O–H groups in total. The standard InChI is InChI=1S/C18H16FN5O3.C6H11NO/c1-8-11(6-23-17-16(8)21-2-3-27-17)10-4-9-5-13(24-18(25)26)22-7-12(9)15(20)14(10)19;1-2-7-5-3-4-6(7)8/h4-7,21H,2-3,20H2,1H3,(H,22,24)(H,25,26);2-5H2,1H3. The number of nitrogens with two attached hydrogens (primary N) is 1. The molecule has 4 heterocycles. The lowest BCUT2D eigenvalue weighted by Gasteiger charge is -2.22. The van der Waals surface area contributed by atoms with Crippen molar-refractivity contribution in [1.82, 2.24) is 14.9 Å². The maximum atomic E-state index is 15.0. The molecule has 0 radical (unpaired) electrons. The van der Waals surface area contributed by atoms with E-state index in [4.69, 9.17) is 15.6 Å². The van der Waals surface area contributed by atoms with Gasteiger partial charge in [-0.1, -0.05) is 0 Å². The zero-order valence-corrected chi connectivity index (χ0v) is 19.5. The van der Waals surface area contributed by atoms with Crippen LogP contribution in [0, 0.1) is 12.7 Å². The monoisotopic (exact) mass is 482 g/mol. The van der Waals surface area contributed by atoms with Gasteiger partial charge < -0.3 is 25.8 Å². The van der Waals surface area contributed by atoms with E-state index in [-0.39, 0.29) is 17.1 Å². The molecule has 0 unspecified atom stereocenters. The van der Waals surface area contributed by atoms with Crippen LogP contribution in [0.3, 0.4) is 0 Å². The van der Waals surface area contributed by atoms with Crippen molar-refractivity contribution < 1.29 is 23.8 Å². The van der Waals surface area contributed by atoms with Gasteiger partial charge in [0.15, 0.2) is 5.82 Å². The fourth-order valence-electron chi connectivity index (χ4n) is 4.20. The minimum atomic E-state index is -1.24. The average Bonchev–Trinajstić information content (AvgIpc) is 3.27. The van der Waals surface area contributed by atoms with Gasteiger partial charge in [0.1, 0.15) is 18.1 Å². The van der Waals surface area contributed by atoms with Crippen molar-refractivity contribution in [1.29, 1.82) is 0 Å². The van der Waals surface area contributed by atoms with E-state index in [0.29, 0.717) is 41.3 Å². The summed E-state index contributed by atoms with van der Waals surface area (Å²) in [6.07, 6.45) is 3.48. The number of fused-ring (bicyclic) bond motifs is 2. The number of carbonyl (C=O) groups is 2. The Bertz CT molecular complexity index is 1300. The van der Waals surface area contributed by atoms with Crippen LogP contribution in [0.2, 0.25) is 0 Å². The first-order chi connectivity index (χ1) is 16.8. The number of nitrogen functional groups attached to an aromatic ring is 1. The number of nitrogens with one attached hydrogen (secondary N) is 2. The highest BCUT2D eigenvalue weighted by Crippen LogP contribution is 2.39. The maximum absolute atomic E-state index is 15.0. The predicted molar refractivity (Wildman–Crippen MR) is 131 cm³/mol. The van der Waals surface area contributed by atoms with Crippen LogP contribution >= 0.6 is 0 Å². The minimum absolute atomic E-state index is 0.0572. The Labute approximate surface area is 201 Å². The summed E-state index contributed by atoms with van der Waals surface area (Å²) >= 11 is 0. The van der Waals surface area contributed by atoms with E-state index in [9.17, 15) is 14.0 Å². The molecule has 0 atom stereocenters. The zero-order chi connectivity index (χ0) is 25.1. The minimum Gasteiger partial charge on any atom is -0.474 e. The van der Waals surface area contributed by atoms with E-state index < -0.39 is 11.9 Å². The van der Waals surface area contributed by atoms with Gasteiger partial charge in [-0.25, -0.2) is 19.2 Å². The maximum Gasteiger partial charge on any atom is 0.410 e. The number of hydrogen-bond donors (Lipinski definition) is 4. The second-order valence-electron chi connectivity index (χ2n) is 8.20. The van der Waals surface area contributed by atoms with Crippen molar-refractivity contribution >= 4 is 40.0 Å². The van der Waals surface area contributed by atoms with Crippen LogP contribution in [0.15, 0.2) is 24.5 Å². The van der Waals surface area contributed by atoms with Gasteiger partial charge >= 0.3 is 6.09 Å². The molecule has 2 aliphatic rings. The number of likely N-dealkylation sites (tertiary alicyclic amines) is 1. The quantitative estimate of drug-likeness (QED) is 0.412. The molecule has 184 valence electrons. The van der Waals surface area contributed by atoms with Crippen LogP contribution in [0.5, 0.6) is 5.88 Å². The van der Waals surface area contributed by atoms with Gasteiger partial charge in [0.05, 0.1) is 5.69 Å². The van der Waals surface area contributed by atoms with Gasteiger partial charge in [0.2, 0.25) is 11.8 Å². The lowest BCUT2D eigenvalue weighted by molar-refractivity contribution is -0.127. The predicted octanol–water partition coefficient (Wildman–Crippen LogP) is 3.85. The van der Waals surface area contributed by atoms with E-state index in [1.165, 1.54) is 12.3 Å². The molecule has 35 heavy (non-hydrogen) atoms. The lowest BCUT2D eigenvalue weighted by Crippen LogP contribution is -2.23. The number of aromatic nitrogens is 2. The summed E-state index contributed by atoms with van der Waals surface area (Å²) in [7, 11) is 0. The molecule has 0 spiro atoms. The third-order valence-electron chi connectivity index (χ3n) is 6.02. The van der Waals surface area contributed by atoms with E-state index in [1.807, 2.05) is 18.7 Å². The lowest BCUT2D eigenvalue weighted by atomic mass is 9.97. The summed E-state index contributed by atoms with van der Waals surface area (Å²) in [5.74, 6) is 0.355. The third-order valence-corrected chi connectivity index (χ3v) is 6.02. The number of rotatable bonds is 3. The molecule has 1 saturated heterocycles. The molecule has 0 aliphatic carbocycles. The average molecular weight is 483 g/mol. The van der Waals surface area contributed by atoms with E-state index >= 15 is 0 Å². The number of halogens is 1. The van der Waals surface area contributed by atoms with Crippen LogP contribution in [0.1, 0.15) is 25.3 Å². The summed E-state index contributed by atoms with van der Waals surface area (Å²) in [6.45, 7) is 6.89. The highest BCUT2D eigenvalue weighted by molar-refractivity contribution is 5.99. The first-order valence-corrected chi connectivity index (χ1v) is 11.3. The molecule has 1 aromatic carbocycles. The smallest absolute Gasteiger partial charge is 0.410 e. The number of nitrogens with zero attached hydrogens (tertiary/aromatic N) is 3. The number of ether oxygens (including phenoxy) is 1. The van der Waals surface area contributed by atoms with Crippen LogP contribution in [-0.2, 0) is 4.79 Å². The molecule has 2 aliphatic heterocycles. The van der Waals surface area contributed by atoms with Crippen molar-refractivity contribution in [2.75, 3.05) is 42.6 Å². The normalized spacial score (nSPS) is 14.5. The fourth-order valence-corrected chi connectivity index (χ4v) is 4.20. The molecule has 10 nitrogen and oxygen atoms in total. The van der Waals surface area contributed by atoms with Crippen molar-refractivity contribution in [3.05, 3.63) is 35.9 Å². The molecule has 3 aromatic rings. The Balaban J connectivity index is 0.000000308. The third kappa shape index (κ3) is 4.88. The summed E-state index contributed by atoms with van der Waals surface area (Å²) in [5.41, 5.74) is 8.28. The molecule has 11 heteroatoms. The van der Waals surface area contributed by atoms with E-state index in [1.54, 1.807) is 12.3 Å². The Morgan fingerprint density at radius 2 is 2.11 bits per heavy atom. The van der Waals surface area contributed by atoms with E-state index in [0.717, 1.165) is 37.2 Å². The van der Waals surface area contributed by atoms with Gasteiger partial charge in [0, 0.05) is 55.0 Å². The summed E-state index contributed by atoms with van der Waals surface area (Å²) in [4.78, 5) is 31.7. The number of anilines is 3. The van der Waals surface area contributed by atoms with Crippen LogP contribution < -0.4 is 21.1 Å². The van der Waals surface area contributed by atoms with Crippen molar-refractivity contribution in [2.24, 2.45) is 0 Å². The largest absolute Gasteiger partial charge is 0.474 e. The Hall–Kier alpha value is -4.15. The number of pyridine rings is 2. The molecule has 2 aromatic heterocycles. The number of carboxylic acid groups (broad SMARTS) is 1. The molecule has 5 rings (SSSR count). The number of amides is 2. The van der Waals surface area contributed by atoms with Gasteiger partial charge in [0.25, 0.3) is 0 Å². The molecule has 0 bridgehead atoms. The highest BCUT2D eigenvalue weighted by atomic mass is 19.1. The van der Waals surface area contributed by atoms with Crippen LogP contribution in [0.25, 0.3) is 21.9 Å². The molecule has 2 amide bonds. The Morgan fingerprint density at radius 3 is 2.77 bits per heavy atom. The van der Waals surface area contributed by atoms with Gasteiger partial charge in [-0.15, -0.1) is 0 Å². The van der Waals surface area contributed by atoms with Crippen molar-refractivity contribution in [3.8, 4) is 17.0 Å². The number of hydrogen-bond acceptors (Lipinski definition) is 7. The Morgan fingerprint density at radius 1 is 1.31 bits per heavy atom. The van der Waals surface area contributed by atoms with Gasteiger partial charge in [-0.2, -0.15) is 0 Å². The van der Waals surface area contributed by atoms with Gasteiger partial charge in [-0.3, -0.25) is 10.1 Å². The summed E-state index contributed by atoms with van der Waals surface area (Å²) in [5, 5.41) is 15.2. The topological polar surface area (TPSA) is 143 Å². The number of benzene rings is 1. The summed E-state index contributed by atoms with van der Waals surface area (Å²) in [6, 6.07) is 3.11. The van der Waals surface area contributed by atoms with Gasteiger partial charge in [-0.05, 0) is 43.4 Å². The number of carbonyl (C=O) groups excluding carboxylic acids is 1.